The monoisotopic (exact) mass is 481 g/mol. The summed E-state index contributed by atoms with van der Waals surface area (Å²) < 4.78 is 44.0. The Morgan fingerprint density at radius 3 is 2.71 bits per heavy atom. The molecule has 2 atom stereocenters. The van der Waals surface area contributed by atoms with Crippen molar-refractivity contribution < 1.29 is 23.1 Å². The first-order valence-corrected chi connectivity index (χ1v) is 10.9. The van der Waals surface area contributed by atoms with Crippen molar-refractivity contribution in [3.05, 3.63) is 59.0 Å². The van der Waals surface area contributed by atoms with Crippen molar-refractivity contribution in [2.24, 2.45) is 0 Å². The van der Waals surface area contributed by atoms with E-state index in [9.17, 15) is 23.1 Å². The average molecular weight is 481 g/mol. The second kappa shape index (κ2) is 7.47. The summed E-state index contributed by atoms with van der Waals surface area (Å²) >= 11 is 0. The van der Waals surface area contributed by atoms with Crippen molar-refractivity contribution in [1.29, 1.82) is 0 Å². The van der Waals surface area contributed by atoms with E-state index in [1.165, 1.54) is 16.8 Å². The number of fused-ring (bicyclic) bond motifs is 1. The lowest BCUT2D eigenvalue weighted by atomic mass is 9.80. The molecule has 1 amide bonds. The molecule has 0 saturated carbocycles. The number of carbonyl (C=O) groups excluding carboxylic acids is 1. The number of carbonyl (C=O) groups is 1. The second-order valence-electron chi connectivity index (χ2n) is 8.86. The minimum Gasteiger partial charge on any atom is -0.373 e. The smallest absolute Gasteiger partial charge is 0.225 e. The number of pyridine rings is 1. The van der Waals surface area contributed by atoms with E-state index < -0.39 is 29.1 Å². The fourth-order valence-corrected chi connectivity index (χ4v) is 4.70. The van der Waals surface area contributed by atoms with Crippen molar-refractivity contribution in [3.8, 4) is 11.5 Å². The third kappa shape index (κ3) is 3.24. The van der Waals surface area contributed by atoms with Gasteiger partial charge in [0.1, 0.15) is 41.0 Å². The topological polar surface area (TPSA) is 118 Å². The zero-order valence-corrected chi connectivity index (χ0v) is 18.3. The van der Waals surface area contributed by atoms with E-state index >= 15 is 0 Å². The second-order valence-corrected chi connectivity index (χ2v) is 8.86. The van der Waals surface area contributed by atoms with E-state index in [2.05, 4.69) is 30.7 Å². The first-order chi connectivity index (χ1) is 16.7. The lowest BCUT2D eigenvalue weighted by Crippen LogP contribution is -2.35. The molecular weight excluding hydrogens is 463 g/mol. The Morgan fingerprint density at radius 2 is 1.94 bits per heavy atom. The molecular formula is C23H18F3N7O2. The summed E-state index contributed by atoms with van der Waals surface area (Å²) in [6.45, 7) is 1.51. The summed E-state index contributed by atoms with van der Waals surface area (Å²) in [4.78, 5) is 25.4. The van der Waals surface area contributed by atoms with Crippen molar-refractivity contribution in [2.45, 2.75) is 38.0 Å². The predicted octanol–water partition coefficient (Wildman–Crippen LogP) is 3.09. The minimum absolute atomic E-state index is 0.0232. The Morgan fingerprint density at radius 1 is 1.20 bits per heavy atom. The van der Waals surface area contributed by atoms with Gasteiger partial charge in [-0.2, -0.15) is 5.10 Å². The summed E-state index contributed by atoms with van der Waals surface area (Å²) in [5, 5.41) is 21.0. The molecule has 4 aromatic rings. The molecule has 0 fully saturated rings. The Balaban J connectivity index is 1.55. The van der Waals surface area contributed by atoms with Gasteiger partial charge in [-0.1, -0.05) is 13.0 Å². The van der Waals surface area contributed by atoms with Crippen LogP contribution in [0, 0.1) is 17.5 Å². The molecule has 5 heterocycles. The molecule has 0 bridgehead atoms. The maximum atomic E-state index is 14.3. The van der Waals surface area contributed by atoms with Gasteiger partial charge in [0.15, 0.2) is 11.5 Å². The molecule has 2 aliphatic rings. The third-order valence-corrected chi connectivity index (χ3v) is 6.62. The molecule has 178 valence electrons. The van der Waals surface area contributed by atoms with Crippen LogP contribution in [-0.2, 0) is 16.8 Å². The van der Waals surface area contributed by atoms with Crippen LogP contribution in [0.2, 0.25) is 0 Å². The molecule has 35 heavy (non-hydrogen) atoms. The van der Waals surface area contributed by atoms with E-state index in [1.807, 2.05) is 6.92 Å². The molecule has 0 aliphatic carbocycles. The van der Waals surface area contributed by atoms with Crippen molar-refractivity contribution in [1.82, 2.24) is 24.7 Å². The zero-order valence-electron chi connectivity index (χ0n) is 18.3. The van der Waals surface area contributed by atoms with Gasteiger partial charge in [-0.15, -0.1) is 0 Å². The van der Waals surface area contributed by atoms with Crippen LogP contribution >= 0.6 is 0 Å². The van der Waals surface area contributed by atoms with E-state index in [-0.39, 0.29) is 52.8 Å². The molecule has 6 rings (SSSR count). The maximum Gasteiger partial charge on any atom is 0.225 e. The molecule has 0 saturated heterocycles. The molecule has 0 spiro atoms. The van der Waals surface area contributed by atoms with Crippen LogP contribution in [-0.4, -0.2) is 42.0 Å². The predicted molar refractivity (Wildman–Crippen MR) is 119 cm³/mol. The number of amides is 1. The summed E-state index contributed by atoms with van der Waals surface area (Å²) in [6.07, 6.45) is 0.548. The molecule has 2 aliphatic heterocycles. The average Bonchev–Trinajstić information content (AvgIpc) is 3.24. The fourth-order valence-electron chi connectivity index (χ4n) is 4.70. The number of hydrogen-bond acceptors (Lipinski definition) is 7. The van der Waals surface area contributed by atoms with Gasteiger partial charge in [0, 0.05) is 23.0 Å². The summed E-state index contributed by atoms with van der Waals surface area (Å²) in [7, 11) is 0. The highest BCUT2D eigenvalue weighted by atomic mass is 19.1. The zero-order chi connectivity index (χ0) is 24.5. The van der Waals surface area contributed by atoms with Gasteiger partial charge < -0.3 is 15.7 Å². The van der Waals surface area contributed by atoms with Crippen molar-refractivity contribution in [2.75, 3.05) is 10.6 Å². The number of aliphatic hydroxyl groups excluding tert-OH is 1. The van der Waals surface area contributed by atoms with E-state index in [0.717, 1.165) is 18.3 Å². The number of rotatable bonds is 3. The highest BCUT2D eigenvalue weighted by Crippen LogP contribution is 2.48. The van der Waals surface area contributed by atoms with E-state index in [4.69, 9.17) is 0 Å². The van der Waals surface area contributed by atoms with Crippen LogP contribution in [0.4, 0.5) is 24.8 Å². The van der Waals surface area contributed by atoms with Crippen molar-refractivity contribution >= 4 is 28.6 Å². The maximum absolute atomic E-state index is 14.3. The molecule has 1 aromatic carbocycles. The van der Waals surface area contributed by atoms with Crippen LogP contribution in [0.1, 0.15) is 30.9 Å². The first-order valence-electron chi connectivity index (χ1n) is 10.9. The van der Waals surface area contributed by atoms with Gasteiger partial charge >= 0.3 is 0 Å². The molecule has 3 aromatic heterocycles. The van der Waals surface area contributed by atoms with Crippen molar-refractivity contribution in [3.63, 3.8) is 0 Å². The van der Waals surface area contributed by atoms with Gasteiger partial charge in [-0.25, -0.2) is 32.8 Å². The number of nitrogens with zero attached hydrogens (tertiary/aromatic N) is 5. The highest BCUT2D eigenvalue weighted by molar-refractivity contribution is 5.95. The number of nitrogens with one attached hydrogen (secondary N) is 2. The fraction of sp³-hybridized carbons (Fsp3) is 0.261. The molecule has 1 unspecified atom stereocenters. The normalized spacial score (nSPS) is 20.9. The molecule has 3 N–H and O–H groups in total. The standard InChI is InChI=1S/C23H18F3N7O2/c1-23-6-5-15(34)28-18-16(23)19(31-22(23)35)30-20(29-18)17-11-7-10(24)8-27-21(11)33(32-17)9-12-13(25)3-2-4-14(12)26/h2-4,7-8,22,35H,5-6,9H2,1H3,(H2,28,29,30,31,34)/t22?,23-/m0/s1. The minimum atomic E-state index is -0.994. The van der Waals surface area contributed by atoms with Gasteiger partial charge in [0.05, 0.1) is 18.1 Å². The number of benzene rings is 1. The third-order valence-electron chi connectivity index (χ3n) is 6.62. The van der Waals surface area contributed by atoms with Gasteiger partial charge in [-0.05, 0) is 24.6 Å². The van der Waals surface area contributed by atoms with Crippen LogP contribution in [0.15, 0.2) is 30.5 Å². The van der Waals surface area contributed by atoms with Gasteiger partial charge in [-0.3, -0.25) is 4.79 Å². The van der Waals surface area contributed by atoms with Crippen LogP contribution in [0.25, 0.3) is 22.6 Å². The molecule has 12 heteroatoms. The quantitative estimate of drug-likeness (QED) is 0.412. The van der Waals surface area contributed by atoms with E-state index in [0.29, 0.717) is 17.8 Å². The number of aromatic nitrogens is 5. The Labute approximate surface area is 196 Å². The Kier molecular flexibility index (Phi) is 4.58. The Bertz CT molecular complexity index is 1520. The summed E-state index contributed by atoms with van der Waals surface area (Å²) in [5.74, 6) is -1.88. The highest BCUT2D eigenvalue weighted by Gasteiger charge is 2.48. The Hall–Kier alpha value is -4.06. The van der Waals surface area contributed by atoms with Crippen LogP contribution in [0.3, 0.4) is 0 Å². The SMILES string of the molecule is C[C@]12CCC(=O)Nc3nc(-c4nn(Cc5c(F)cccc5F)c5ncc(F)cc45)nc(c31)NC2O. The molecule has 0 radical (unpaired) electrons. The summed E-state index contributed by atoms with van der Waals surface area (Å²) in [6, 6.07) is 4.70. The number of aliphatic hydroxyl groups is 1. The lowest BCUT2D eigenvalue weighted by Gasteiger charge is -2.26. The van der Waals surface area contributed by atoms with E-state index in [1.54, 1.807) is 0 Å². The first kappa shape index (κ1) is 21.5. The van der Waals surface area contributed by atoms with Gasteiger partial charge in [0.2, 0.25) is 5.91 Å². The largest absolute Gasteiger partial charge is 0.373 e. The number of hydrogen-bond donors (Lipinski definition) is 3. The van der Waals surface area contributed by atoms with Crippen LogP contribution < -0.4 is 10.6 Å². The lowest BCUT2D eigenvalue weighted by molar-refractivity contribution is -0.116. The number of halogens is 3. The van der Waals surface area contributed by atoms with Gasteiger partial charge in [0.25, 0.3) is 0 Å². The summed E-state index contributed by atoms with van der Waals surface area (Å²) in [5.41, 5.74) is -0.184. The number of anilines is 2. The molecule has 9 nitrogen and oxygen atoms in total. The van der Waals surface area contributed by atoms with Crippen LogP contribution in [0.5, 0.6) is 0 Å².